The van der Waals surface area contributed by atoms with Gasteiger partial charge in [0.05, 0.1) is 16.7 Å². The highest BCUT2D eigenvalue weighted by atomic mass is 15.1. The monoisotopic (exact) mass is 775 g/mol. The van der Waals surface area contributed by atoms with Crippen LogP contribution in [0.5, 0.6) is 0 Å². The molecule has 3 heteroatoms. The molecule has 0 N–H and O–H groups in total. The lowest BCUT2D eigenvalue weighted by atomic mass is 9.84. The van der Waals surface area contributed by atoms with Crippen LogP contribution in [0.3, 0.4) is 0 Å². The summed E-state index contributed by atoms with van der Waals surface area (Å²) in [4.78, 5) is 10.4. The summed E-state index contributed by atoms with van der Waals surface area (Å²) in [6, 6.07) is 80.5. The maximum atomic E-state index is 5.19. The highest BCUT2D eigenvalue weighted by Gasteiger charge is 2.20. The minimum atomic E-state index is 0.694. The van der Waals surface area contributed by atoms with Gasteiger partial charge < -0.3 is 0 Å². The lowest BCUT2D eigenvalue weighted by Gasteiger charge is -2.19. The molecule has 61 heavy (non-hydrogen) atoms. The van der Waals surface area contributed by atoms with Crippen molar-refractivity contribution in [3.8, 4) is 61.8 Å². The number of aromatic nitrogens is 3. The molecular formula is C58H37N3. The lowest BCUT2D eigenvalue weighted by Crippen LogP contribution is -2.02. The Bertz CT molecular complexity index is 3550. The number of rotatable bonds is 6. The van der Waals surface area contributed by atoms with Crippen molar-refractivity contribution in [3.63, 3.8) is 0 Å². The van der Waals surface area contributed by atoms with Crippen LogP contribution in [0.15, 0.2) is 224 Å². The Morgan fingerprint density at radius 2 is 0.770 bits per heavy atom. The maximum Gasteiger partial charge on any atom is 0.162 e. The predicted molar refractivity (Wildman–Crippen MR) is 256 cm³/mol. The van der Waals surface area contributed by atoms with E-state index in [0.717, 1.165) is 44.8 Å². The molecular weight excluding hydrogens is 739 g/mol. The van der Waals surface area contributed by atoms with Crippen molar-refractivity contribution in [1.82, 2.24) is 14.5 Å². The average molecular weight is 776 g/mol. The van der Waals surface area contributed by atoms with Crippen molar-refractivity contribution in [1.29, 1.82) is 0 Å². The molecule has 0 amide bonds. The van der Waals surface area contributed by atoms with Gasteiger partial charge in [0.2, 0.25) is 0 Å². The molecule has 0 unspecified atom stereocenters. The van der Waals surface area contributed by atoms with E-state index < -0.39 is 0 Å². The largest absolute Gasteiger partial charge is 0.294 e. The van der Waals surface area contributed by atoms with Crippen LogP contribution in [-0.2, 0) is 0 Å². The molecule has 2 heterocycles. The standard InChI is InChI=1S/C58H37N3/c1-3-16-42(17-4-1)56-49-24-10-9-23-48(49)55(50-36-35-40-15-7-8-20-45(40)57(50)56)43-33-29-39(30-34-43)38-27-31-41(32-28-38)51-37-54(60-58(59-51)44-18-5-2-6-19-44)61-52-25-13-11-21-46(52)47-22-12-14-26-53(47)61/h1-37H. The average Bonchev–Trinajstić information content (AvgIpc) is 3.68. The highest BCUT2D eigenvalue weighted by molar-refractivity contribution is 6.28. The summed E-state index contributed by atoms with van der Waals surface area (Å²) < 4.78 is 2.27. The van der Waals surface area contributed by atoms with Crippen LogP contribution in [-0.4, -0.2) is 14.5 Å². The summed E-state index contributed by atoms with van der Waals surface area (Å²) in [7, 11) is 0. The Kier molecular flexibility index (Phi) is 8.17. The van der Waals surface area contributed by atoms with Gasteiger partial charge in [-0.2, -0.15) is 0 Å². The minimum Gasteiger partial charge on any atom is -0.294 e. The van der Waals surface area contributed by atoms with Gasteiger partial charge in [-0.3, -0.25) is 4.57 Å². The summed E-state index contributed by atoms with van der Waals surface area (Å²) in [6.45, 7) is 0. The Morgan fingerprint density at radius 3 is 1.41 bits per heavy atom. The topological polar surface area (TPSA) is 30.7 Å². The van der Waals surface area contributed by atoms with Gasteiger partial charge in [-0.05, 0) is 77.8 Å². The number of hydrogen-bond donors (Lipinski definition) is 0. The molecule has 0 fully saturated rings. The van der Waals surface area contributed by atoms with Gasteiger partial charge >= 0.3 is 0 Å². The normalized spacial score (nSPS) is 11.6. The molecule has 0 saturated heterocycles. The summed E-state index contributed by atoms with van der Waals surface area (Å²) in [5.41, 5.74) is 12.4. The van der Waals surface area contributed by atoms with Gasteiger partial charge in [-0.25, -0.2) is 9.97 Å². The number of nitrogens with zero attached hydrogens (tertiary/aromatic N) is 3. The fourth-order valence-electron chi connectivity index (χ4n) is 9.41. The van der Waals surface area contributed by atoms with E-state index in [9.17, 15) is 0 Å². The van der Waals surface area contributed by atoms with Crippen molar-refractivity contribution in [2.45, 2.75) is 0 Å². The molecule has 0 aliphatic heterocycles. The van der Waals surface area contributed by atoms with Gasteiger partial charge in [-0.15, -0.1) is 0 Å². The molecule has 0 radical (unpaired) electrons. The molecule has 12 aromatic rings. The minimum absolute atomic E-state index is 0.694. The Morgan fingerprint density at radius 1 is 0.295 bits per heavy atom. The van der Waals surface area contributed by atoms with E-state index in [1.165, 1.54) is 65.3 Å². The summed E-state index contributed by atoms with van der Waals surface area (Å²) in [6.07, 6.45) is 0. The first-order valence-corrected chi connectivity index (χ1v) is 20.8. The zero-order chi connectivity index (χ0) is 40.3. The van der Waals surface area contributed by atoms with Gasteiger partial charge in [0, 0.05) is 28.0 Å². The van der Waals surface area contributed by atoms with Crippen LogP contribution >= 0.6 is 0 Å². The first kappa shape index (κ1) is 34.9. The lowest BCUT2D eigenvalue weighted by molar-refractivity contribution is 1.05. The molecule has 0 atom stereocenters. The smallest absolute Gasteiger partial charge is 0.162 e. The molecule has 0 spiro atoms. The molecule has 2 aromatic heterocycles. The number of fused-ring (bicyclic) bond motifs is 7. The first-order chi connectivity index (χ1) is 30.3. The van der Waals surface area contributed by atoms with Crippen molar-refractivity contribution in [3.05, 3.63) is 224 Å². The van der Waals surface area contributed by atoms with Gasteiger partial charge in [0.15, 0.2) is 5.82 Å². The third-order valence-corrected chi connectivity index (χ3v) is 12.2. The van der Waals surface area contributed by atoms with E-state index >= 15 is 0 Å². The fraction of sp³-hybridized carbons (Fsp3) is 0. The third kappa shape index (κ3) is 5.82. The molecule has 0 saturated carbocycles. The second kappa shape index (κ2) is 14.3. The van der Waals surface area contributed by atoms with E-state index in [1.807, 2.05) is 18.2 Å². The van der Waals surface area contributed by atoms with Crippen LogP contribution in [0.1, 0.15) is 0 Å². The maximum absolute atomic E-state index is 5.19. The van der Waals surface area contributed by atoms with E-state index in [1.54, 1.807) is 0 Å². The highest BCUT2D eigenvalue weighted by Crippen LogP contribution is 2.46. The van der Waals surface area contributed by atoms with Crippen molar-refractivity contribution in [2.75, 3.05) is 0 Å². The fourth-order valence-corrected chi connectivity index (χ4v) is 9.41. The van der Waals surface area contributed by atoms with E-state index in [-0.39, 0.29) is 0 Å². The predicted octanol–water partition coefficient (Wildman–Crippen LogP) is 15.4. The molecule has 0 bridgehead atoms. The van der Waals surface area contributed by atoms with Crippen LogP contribution in [0.4, 0.5) is 0 Å². The number of benzene rings is 10. The molecule has 12 rings (SSSR count). The van der Waals surface area contributed by atoms with Gasteiger partial charge in [0.25, 0.3) is 0 Å². The second-order valence-electron chi connectivity index (χ2n) is 15.7. The molecule has 3 nitrogen and oxygen atoms in total. The Balaban J connectivity index is 0.961. The third-order valence-electron chi connectivity index (χ3n) is 12.2. The van der Waals surface area contributed by atoms with Crippen LogP contribution in [0.25, 0.3) is 116 Å². The van der Waals surface area contributed by atoms with Crippen molar-refractivity contribution in [2.24, 2.45) is 0 Å². The zero-order valence-corrected chi connectivity index (χ0v) is 33.2. The van der Waals surface area contributed by atoms with Crippen LogP contribution in [0.2, 0.25) is 0 Å². The quantitative estimate of drug-likeness (QED) is 0.124. The summed E-state index contributed by atoms with van der Waals surface area (Å²) >= 11 is 0. The first-order valence-electron chi connectivity index (χ1n) is 20.8. The summed E-state index contributed by atoms with van der Waals surface area (Å²) in [5, 5.41) is 9.98. The van der Waals surface area contributed by atoms with E-state index in [2.05, 4.69) is 211 Å². The Hall–Kier alpha value is -8.14. The zero-order valence-electron chi connectivity index (χ0n) is 33.2. The van der Waals surface area contributed by atoms with Crippen LogP contribution in [0, 0.1) is 0 Å². The number of hydrogen-bond acceptors (Lipinski definition) is 2. The summed E-state index contributed by atoms with van der Waals surface area (Å²) in [5.74, 6) is 1.53. The second-order valence-corrected chi connectivity index (χ2v) is 15.7. The molecule has 0 aliphatic rings. The Labute approximate surface area is 353 Å². The van der Waals surface area contributed by atoms with E-state index in [0.29, 0.717) is 5.82 Å². The van der Waals surface area contributed by atoms with Crippen molar-refractivity contribution < 1.29 is 0 Å². The SMILES string of the molecule is c1ccc(-c2nc(-c3ccc(-c4ccc(-c5c6ccccc6c(-c6ccccc6)c6c5ccc5ccccc56)cc4)cc3)cc(-n3c4ccccc4c4ccccc43)n2)cc1. The van der Waals surface area contributed by atoms with Crippen molar-refractivity contribution >= 4 is 54.1 Å². The molecule has 0 aliphatic carbocycles. The molecule has 284 valence electrons. The van der Waals surface area contributed by atoms with Gasteiger partial charge in [-0.1, -0.05) is 206 Å². The number of para-hydroxylation sites is 2. The van der Waals surface area contributed by atoms with Crippen LogP contribution < -0.4 is 0 Å². The van der Waals surface area contributed by atoms with E-state index in [4.69, 9.17) is 9.97 Å². The van der Waals surface area contributed by atoms with Gasteiger partial charge in [0.1, 0.15) is 5.82 Å². The molecule has 10 aromatic carbocycles.